The lowest BCUT2D eigenvalue weighted by molar-refractivity contribution is 0.459. The monoisotopic (exact) mass is 485 g/mol. The Labute approximate surface area is 177 Å². The number of aromatic nitrogens is 1. The number of rotatable bonds is 5. The van der Waals surface area contributed by atoms with Crippen LogP contribution in [0, 0.1) is 0 Å². The fourth-order valence-corrected chi connectivity index (χ4v) is 3.89. The third-order valence-electron chi connectivity index (χ3n) is 4.72. The summed E-state index contributed by atoms with van der Waals surface area (Å²) in [5, 5.41) is 11.4. The molecule has 1 aliphatic rings. The number of aliphatic imine (C=N–C) groups is 1. The van der Waals surface area contributed by atoms with E-state index >= 15 is 0 Å². The van der Waals surface area contributed by atoms with Crippen LogP contribution in [0.15, 0.2) is 46.2 Å². The van der Waals surface area contributed by atoms with Gasteiger partial charge < -0.3 is 15.5 Å². The van der Waals surface area contributed by atoms with Gasteiger partial charge in [-0.15, -0.1) is 24.0 Å². The van der Waals surface area contributed by atoms with Crippen LogP contribution in [-0.4, -0.2) is 43.7 Å². The van der Waals surface area contributed by atoms with Gasteiger partial charge in [0.1, 0.15) is 5.82 Å². The van der Waals surface area contributed by atoms with Crippen LogP contribution in [0.3, 0.4) is 0 Å². The molecule has 2 aromatic rings. The molecule has 1 fully saturated rings. The zero-order valence-corrected chi connectivity index (χ0v) is 18.5. The predicted octanol–water partition coefficient (Wildman–Crippen LogP) is 3.70. The molecule has 0 saturated carbocycles. The third kappa shape index (κ3) is 5.84. The number of nitrogens with one attached hydrogen (secondary N) is 2. The van der Waals surface area contributed by atoms with E-state index in [9.17, 15) is 0 Å². The van der Waals surface area contributed by atoms with Crippen LogP contribution in [0.4, 0.5) is 5.82 Å². The van der Waals surface area contributed by atoms with Gasteiger partial charge in [0.2, 0.25) is 0 Å². The van der Waals surface area contributed by atoms with Gasteiger partial charge in [0.15, 0.2) is 5.96 Å². The quantitative estimate of drug-likeness (QED) is 0.386. The van der Waals surface area contributed by atoms with Gasteiger partial charge in [-0.1, -0.05) is 13.0 Å². The van der Waals surface area contributed by atoms with Crippen molar-refractivity contribution in [3.8, 4) is 0 Å². The summed E-state index contributed by atoms with van der Waals surface area (Å²) in [6, 6.07) is 8.75. The van der Waals surface area contributed by atoms with Gasteiger partial charge in [-0.2, -0.15) is 11.3 Å². The number of halogens is 1. The molecule has 3 rings (SSSR count). The molecule has 2 N–H and O–H groups in total. The first-order chi connectivity index (χ1) is 12.3. The van der Waals surface area contributed by atoms with Crippen molar-refractivity contribution in [1.29, 1.82) is 0 Å². The molecule has 7 heteroatoms. The molecule has 26 heavy (non-hydrogen) atoms. The summed E-state index contributed by atoms with van der Waals surface area (Å²) >= 11 is 1.75. The molecular formula is C19H28IN5S. The minimum absolute atomic E-state index is 0. The Hall–Kier alpha value is -1.35. The maximum Gasteiger partial charge on any atom is 0.191 e. The number of thiophene rings is 1. The summed E-state index contributed by atoms with van der Waals surface area (Å²) in [5.74, 6) is 2.46. The van der Waals surface area contributed by atoms with Crippen LogP contribution in [0.2, 0.25) is 0 Å². The van der Waals surface area contributed by atoms with Gasteiger partial charge in [-0.25, -0.2) is 4.98 Å². The second kappa shape index (κ2) is 10.7. The zero-order valence-electron chi connectivity index (χ0n) is 15.4. The first kappa shape index (κ1) is 21.0. The van der Waals surface area contributed by atoms with Gasteiger partial charge in [0.05, 0.1) is 0 Å². The standard InChI is InChI=1S/C19H27N5S.HI/c1-15(16-8-12-25-14-16)13-22-19(20-2)23-17-6-10-24(11-7-17)18-5-3-4-9-21-18;/h3-5,8-9,12,14-15,17H,6-7,10-11,13H2,1-2H3,(H2,20,22,23);1H. The topological polar surface area (TPSA) is 52.6 Å². The Kier molecular flexibility index (Phi) is 8.64. The van der Waals surface area contributed by atoms with Crippen LogP contribution in [0.25, 0.3) is 0 Å². The molecule has 142 valence electrons. The Balaban J connectivity index is 0.00000243. The average Bonchev–Trinajstić information content (AvgIpc) is 3.21. The third-order valence-corrected chi connectivity index (χ3v) is 5.42. The van der Waals surface area contributed by atoms with Crippen molar-refractivity contribution in [3.63, 3.8) is 0 Å². The second-order valence-electron chi connectivity index (χ2n) is 6.50. The van der Waals surface area contributed by atoms with Gasteiger partial charge in [0, 0.05) is 38.9 Å². The van der Waals surface area contributed by atoms with E-state index in [-0.39, 0.29) is 24.0 Å². The summed E-state index contributed by atoms with van der Waals surface area (Å²) in [6.45, 7) is 5.19. The van der Waals surface area contributed by atoms with Crippen molar-refractivity contribution >= 4 is 47.1 Å². The van der Waals surface area contributed by atoms with E-state index in [1.54, 1.807) is 11.3 Å². The van der Waals surface area contributed by atoms with Crippen LogP contribution < -0.4 is 15.5 Å². The Morgan fingerprint density at radius 3 is 2.77 bits per heavy atom. The van der Waals surface area contributed by atoms with Crippen molar-refractivity contribution < 1.29 is 0 Å². The highest BCUT2D eigenvalue weighted by Crippen LogP contribution is 2.18. The molecule has 2 aromatic heterocycles. The summed E-state index contributed by atoms with van der Waals surface area (Å²) in [7, 11) is 1.84. The van der Waals surface area contributed by atoms with Crippen LogP contribution in [0.5, 0.6) is 0 Å². The van der Waals surface area contributed by atoms with Crippen molar-refractivity contribution in [3.05, 3.63) is 46.8 Å². The number of piperidine rings is 1. The lowest BCUT2D eigenvalue weighted by atomic mass is 10.0. The molecule has 0 amide bonds. The van der Waals surface area contributed by atoms with E-state index in [0.29, 0.717) is 12.0 Å². The number of anilines is 1. The molecular weight excluding hydrogens is 457 g/mol. The SMILES string of the molecule is CN=C(NCC(C)c1ccsc1)NC1CCN(c2ccccn2)CC1.I. The van der Waals surface area contributed by atoms with Crippen LogP contribution in [-0.2, 0) is 0 Å². The minimum Gasteiger partial charge on any atom is -0.356 e. The van der Waals surface area contributed by atoms with Crippen LogP contribution >= 0.6 is 35.3 Å². The van der Waals surface area contributed by atoms with E-state index in [1.165, 1.54) is 5.56 Å². The van der Waals surface area contributed by atoms with E-state index in [0.717, 1.165) is 44.3 Å². The van der Waals surface area contributed by atoms with E-state index in [1.807, 2.05) is 25.4 Å². The van der Waals surface area contributed by atoms with Gasteiger partial charge >= 0.3 is 0 Å². The van der Waals surface area contributed by atoms with Crippen LogP contribution in [0.1, 0.15) is 31.2 Å². The molecule has 0 spiro atoms. The van der Waals surface area contributed by atoms with E-state index in [2.05, 4.69) is 55.3 Å². The zero-order chi connectivity index (χ0) is 17.5. The van der Waals surface area contributed by atoms with Gasteiger partial charge in [0.25, 0.3) is 0 Å². The predicted molar refractivity (Wildman–Crippen MR) is 122 cm³/mol. The maximum absolute atomic E-state index is 4.45. The summed E-state index contributed by atoms with van der Waals surface area (Å²) in [6.07, 6.45) is 4.05. The normalized spacial score (nSPS) is 16.7. The molecule has 0 aliphatic carbocycles. The first-order valence-electron chi connectivity index (χ1n) is 8.91. The van der Waals surface area contributed by atoms with Gasteiger partial charge in [-0.05, 0) is 53.3 Å². The van der Waals surface area contributed by atoms with Crippen molar-refractivity contribution in [2.75, 3.05) is 31.6 Å². The molecule has 0 radical (unpaired) electrons. The molecule has 3 heterocycles. The molecule has 5 nitrogen and oxygen atoms in total. The highest BCUT2D eigenvalue weighted by Gasteiger charge is 2.20. The van der Waals surface area contributed by atoms with E-state index < -0.39 is 0 Å². The molecule has 0 aromatic carbocycles. The van der Waals surface area contributed by atoms with E-state index in [4.69, 9.17) is 0 Å². The molecule has 0 bridgehead atoms. The fourth-order valence-electron chi connectivity index (χ4n) is 3.10. The average molecular weight is 485 g/mol. The molecule has 1 aliphatic heterocycles. The molecule has 1 atom stereocenters. The van der Waals surface area contributed by atoms with Crippen molar-refractivity contribution in [2.45, 2.75) is 31.7 Å². The number of nitrogens with zero attached hydrogens (tertiary/aromatic N) is 3. The Bertz CT molecular complexity index is 654. The lowest BCUT2D eigenvalue weighted by Crippen LogP contribution is -2.49. The number of hydrogen-bond donors (Lipinski definition) is 2. The largest absolute Gasteiger partial charge is 0.356 e. The Morgan fingerprint density at radius 1 is 1.35 bits per heavy atom. The second-order valence-corrected chi connectivity index (χ2v) is 7.28. The highest BCUT2D eigenvalue weighted by atomic mass is 127. The number of hydrogen-bond acceptors (Lipinski definition) is 4. The summed E-state index contributed by atoms with van der Waals surface area (Å²) in [4.78, 5) is 11.2. The fraction of sp³-hybridized carbons (Fsp3) is 0.474. The van der Waals surface area contributed by atoms with Crippen molar-refractivity contribution in [1.82, 2.24) is 15.6 Å². The summed E-state index contributed by atoms with van der Waals surface area (Å²) < 4.78 is 0. The number of pyridine rings is 1. The van der Waals surface area contributed by atoms with Crippen molar-refractivity contribution in [2.24, 2.45) is 4.99 Å². The summed E-state index contributed by atoms with van der Waals surface area (Å²) in [5.41, 5.74) is 1.39. The maximum atomic E-state index is 4.45. The lowest BCUT2D eigenvalue weighted by Gasteiger charge is -2.33. The minimum atomic E-state index is 0. The first-order valence-corrected chi connectivity index (χ1v) is 9.86. The Morgan fingerprint density at radius 2 is 2.15 bits per heavy atom. The van der Waals surface area contributed by atoms with Gasteiger partial charge in [-0.3, -0.25) is 4.99 Å². The molecule has 1 saturated heterocycles. The highest BCUT2D eigenvalue weighted by molar-refractivity contribution is 14.0. The smallest absolute Gasteiger partial charge is 0.191 e. The molecule has 1 unspecified atom stereocenters. The number of guanidine groups is 1.